The van der Waals surface area contributed by atoms with Gasteiger partial charge in [0.25, 0.3) is 0 Å². The van der Waals surface area contributed by atoms with Crippen molar-refractivity contribution in [1.29, 1.82) is 0 Å². The van der Waals surface area contributed by atoms with Gasteiger partial charge in [-0.05, 0) is 30.7 Å². The van der Waals surface area contributed by atoms with Crippen LogP contribution in [0.3, 0.4) is 0 Å². The first-order valence-corrected chi connectivity index (χ1v) is 5.01. The molecule has 0 aliphatic carbocycles. The summed E-state index contributed by atoms with van der Waals surface area (Å²) in [5.41, 5.74) is 1.64. The van der Waals surface area contributed by atoms with Crippen molar-refractivity contribution in [1.82, 2.24) is 0 Å². The van der Waals surface area contributed by atoms with E-state index in [1.165, 1.54) is 0 Å². The molecule has 0 bridgehead atoms. The van der Waals surface area contributed by atoms with E-state index in [-0.39, 0.29) is 6.54 Å². The van der Waals surface area contributed by atoms with Crippen LogP contribution in [0.5, 0.6) is 5.75 Å². The predicted octanol–water partition coefficient (Wildman–Crippen LogP) is 2.95. The lowest BCUT2D eigenvalue weighted by atomic mass is 10.2. The number of hydrogen-bond donors (Lipinski definition) is 1. The summed E-state index contributed by atoms with van der Waals surface area (Å²) in [6, 6.07) is 5.29. The van der Waals surface area contributed by atoms with Gasteiger partial charge in [-0.3, -0.25) is 4.74 Å². The number of anilines is 1. The molecule has 96 valence electrons. The van der Waals surface area contributed by atoms with Gasteiger partial charge in [-0.25, -0.2) is 0 Å². The molecule has 0 heterocycles. The number of hydrogen-bond acceptors (Lipinski definition) is 3. The molecule has 1 rings (SSSR count). The number of benzene rings is 1. The zero-order valence-corrected chi connectivity index (χ0v) is 9.60. The van der Waals surface area contributed by atoms with E-state index in [1.807, 2.05) is 6.92 Å². The third kappa shape index (κ3) is 4.95. The maximum Gasteiger partial charge on any atom is 0.522 e. The van der Waals surface area contributed by atoms with Crippen LogP contribution in [0, 0.1) is 6.92 Å². The van der Waals surface area contributed by atoms with Crippen molar-refractivity contribution in [3.63, 3.8) is 0 Å². The van der Waals surface area contributed by atoms with Crippen LogP contribution in [-0.4, -0.2) is 26.6 Å². The second kappa shape index (κ2) is 5.77. The van der Waals surface area contributed by atoms with Gasteiger partial charge in [0.1, 0.15) is 5.75 Å². The molecular formula is C11H14F3NO2. The molecule has 0 aromatic heterocycles. The minimum Gasteiger partial charge on any atom is -0.496 e. The lowest BCUT2D eigenvalue weighted by Crippen LogP contribution is -2.19. The Balaban J connectivity index is 2.40. The number of ether oxygens (including phenoxy) is 2. The Bertz CT molecular complexity index is 366. The summed E-state index contributed by atoms with van der Waals surface area (Å²) in [7, 11) is 1.56. The largest absolute Gasteiger partial charge is 0.522 e. The standard InChI is InChI=1S/C11H14F3NO2/c1-8-7-9(3-4-10(8)16-2)15-5-6-17-11(12,13)14/h3-4,7,15H,5-6H2,1-2H3. The highest BCUT2D eigenvalue weighted by molar-refractivity contribution is 5.50. The van der Waals surface area contributed by atoms with Gasteiger partial charge in [-0.15, -0.1) is 13.2 Å². The monoisotopic (exact) mass is 249 g/mol. The summed E-state index contributed by atoms with van der Waals surface area (Å²) >= 11 is 0. The predicted molar refractivity (Wildman–Crippen MR) is 58.2 cm³/mol. The van der Waals surface area contributed by atoms with Crippen molar-refractivity contribution in [2.75, 3.05) is 25.6 Å². The maximum atomic E-state index is 11.7. The fourth-order valence-electron chi connectivity index (χ4n) is 1.35. The summed E-state index contributed by atoms with van der Waals surface area (Å²) in [5, 5.41) is 2.83. The number of rotatable bonds is 5. The van der Waals surface area contributed by atoms with E-state index in [4.69, 9.17) is 4.74 Å². The van der Waals surface area contributed by atoms with Crippen LogP contribution >= 0.6 is 0 Å². The average molecular weight is 249 g/mol. The molecule has 1 N–H and O–H groups in total. The molecule has 0 atom stereocenters. The van der Waals surface area contributed by atoms with Crippen LogP contribution < -0.4 is 10.1 Å². The fraction of sp³-hybridized carbons (Fsp3) is 0.455. The SMILES string of the molecule is COc1ccc(NCCOC(F)(F)F)cc1C. The van der Waals surface area contributed by atoms with Crippen molar-refractivity contribution >= 4 is 5.69 Å². The average Bonchev–Trinajstić information content (AvgIpc) is 2.23. The molecule has 0 aliphatic heterocycles. The van der Waals surface area contributed by atoms with Crippen molar-refractivity contribution in [2.45, 2.75) is 13.3 Å². The van der Waals surface area contributed by atoms with Crippen molar-refractivity contribution < 1.29 is 22.6 Å². The highest BCUT2D eigenvalue weighted by atomic mass is 19.4. The summed E-state index contributed by atoms with van der Waals surface area (Å²) in [6.07, 6.45) is -4.57. The van der Waals surface area contributed by atoms with Crippen LogP contribution in [0.2, 0.25) is 0 Å². The highest BCUT2D eigenvalue weighted by Crippen LogP contribution is 2.21. The number of aryl methyl sites for hydroxylation is 1. The molecule has 6 heteroatoms. The molecule has 1 aromatic carbocycles. The van der Waals surface area contributed by atoms with Gasteiger partial charge in [-0.2, -0.15) is 0 Å². The topological polar surface area (TPSA) is 30.5 Å². The minimum atomic E-state index is -4.57. The van der Waals surface area contributed by atoms with Gasteiger partial charge < -0.3 is 10.1 Å². The van der Waals surface area contributed by atoms with Gasteiger partial charge in [0.2, 0.25) is 0 Å². The van der Waals surface area contributed by atoms with Gasteiger partial charge in [0.05, 0.1) is 13.7 Å². The Morgan fingerprint density at radius 2 is 2.00 bits per heavy atom. The second-order valence-corrected chi connectivity index (χ2v) is 3.41. The molecule has 17 heavy (non-hydrogen) atoms. The van der Waals surface area contributed by atoms with Gasteiger partial charge in [-0.1, -0.05) is 0 Å². The van der Waals surface area contributed by atoms with E-state index in [0.29, 0.717) is 0 Å². The van der Waals surface area contributed by atoms with Crippen LogP contribution in [0.15, 0.2) is 18.2 Å². The highest BCUT2D eigenvalue weighted by Gasteiger charge is 2.28. The first-order chi connectivity index (χ1) is 7.92. The second-order valence-electron chi connectivity index (χ2n) is 3.41. The van der Waals surface area contributed by atoms with Crippen LogP contribution in [0.4, 0.5) is 18.9 Å². The fourth-order valence-corrected chi connectivity index (χ4v) is 1.35. The molecule has 0 unspecified atom stereocenters. The summed E-state index contributed by atoms with van der Waals surface area (Å²) in [5.74, 6) is 0.738. The zero-order valence-electron chi connectivity index (χ0n) is 9.60. The molecular weight excluding hydrogens is 235 g/mol. The third-order valence-corrected chi connectivity index (χ3v) is 2.09. The molecule has 0 aliphatic rings. The first kappa shape index (κ1) is 13.6. The van der Waals surface area contributed by atoms with Crippen LogP contribution in [0.25, 0.3) is 0 Å². The molecule has 0 saturated carbocycles. The molecule has 1 aromatic rings. The molecule has 0 amide bonds. The van der Waals surface area contributed by atoms with E-state index in [0.717, 1.165) is 17.0 Å². The smallest absolute Gasteiger partial charge is 0.496 e. The number of halogens is 3. The Morgan fingerprint density at radius 1 is 1.29 bits per heavy atom. The summed E-state index contributed by atoms with van der Waals surface area (Å²) < 4.78 is 43.7. The van der Waals surface area contributed by atoms with Gasteiger partial charge in [0, 0.05) is 12.2 Å². The minimum absolute atomic E-state index is 0.0886. The molecule has 0 spiro atoms. The van der Waals surface area contributed by atoms with E-state index < -0.39 is 13.0 Å². The van der Waals surface area contributed by atoms with E-state index >= 15 is 0 Å². The van der Waals surface area contributed by atoms with E-state index in [2.05, 4.69) is 10.1 Å². The number of methoxy groups -OCH3 is 1. The van der Waals surface area contributed by atoms with E-state index in [9.17, 15) is 13.2 Å². The van der Waals surface area contributed by atoms with Crippen molar-refractivity contribution in [2.24, 2.45) is 0 Å². The van der Waals surface area contributed by atoms with Crippen LogP contribution in [-0.2, 0) is 4.74 Å². The first-order valence-electron chi connectivity index (χ1n) is 5.01. The lowest BCUT2D eigenvalue weighted by molar-refractivity contribution is -0.322. The summed E-state index contributed by atoms with van der Waals surface area (Å²) in [6.45, 7) is 1.52. The van der Waals surface area contributed by atoms with E-state index in [1.54, 1.807) is 25.3 Å². The number of alkyl halides is 3. The Kier molecular flexibility index (Phi) is 4.62. The van der Waals surface area contributed by atoms with Gasteiger partial charge >= 0.3 is 6.36 Å². The Morgan fingerprint density at radius 3 is 2.53 bits per heavy atom. The molecule has 3 nitrogen and oxygen atoms in total. The Labute approximate surface area is 97.5 Å². The zero-order chi connectivity index (χ0) is 12.9. The van der Waals surface area contributed by atoms with Crippen molar-refractivity contribution in [3.05, 3.63) is 23.8 Å². The molecule has 0 radical (unpaired) electrons. The van der Waals surface area contributed by atoms with Crippen molar-refractivity contribution in [3.8, 4) is 5.75 Å². The molecule has 0 saturated heterocycles. The Hall–Kier alpha value is -1.43. The maximum absolute atomic E-state index is 11.7. The molecule has 0 fully saturated rings. The third-order valence-electron chi connectivity index (χ3n) is 2.09. The lowest BCUT2D eigenvalue weighted by Gasteiger charge is -2.11. The van der Waals surface area contributed by atoms with Gasteiger partial charge in [0.15, 0.2) is 0 Å². The number of nitrogens with one attached hydrogen (secondary N) is 1. The van der Waals surface area contributed by atoms with Crippen LogP contribution in [0.1, 0.15) is 5.56 Å². The quantitative estimate of drug-likeness (QED) is 0.814. The normalized spacial score (nSPS) is 11.4. The summed E-state index contributed by atoms with van der Waals surface area (Å²) in [4.78, 5) is 0.